The summed E-state index contributed by atoms with van der Waals surface area (Å²) in [5.41, 5.74) is 2.77. The minimum absolute atomic E-state index is 0.0272. The van der Waals surface area contributed by atoms with E-state index in [2.05, 4.69) is 10.3 Å². The fourth-order valence-electron chi connectivity index (χ4n) is 2.67. The van der Waals surface area contributed by atoms with Crippen LogP contribution < -0.4 is 5.32 Å². The molecule has 1 fully saturated rings. The Labute approximate surface area is 129 Å². The van der Waals surface area contributed by atoms with Crippen molar-refractivity contribution in [3.8, 4) is 0 Å². The van der Waals surface area contributed by atoms with Crippen molar-refractivity contribution in [2.45, 2.75) is 52.1 Å². The van der Waals surface area contributed by atoms with Gasteiger partial charge in [-0.15, -0.1) is 11.3 Å². The van der Waals surface area contributed by atoms with Gasteiger partial charge in [-0.05, 0) is 12.3 Å². The van der Waals surface area contributed by atoms with Crippen LogP contribution in [-0.2, 0) is 16.0 Å². The molecule has 1 aliphatic rings. The van der Waals surface area contributed by atoms with Crippen molar-refractivity contribution in [2.75, 3.05) is 6.54 Å². The summed E-state index contributed by atoms with van der Waals surface area (Å²) in [6, 6.07) is -0.739. The quantitative estimate of drug-likeness (QED) is 0.872. The van der Waals surface area contributed by atoms with Gasteiger partial charge in [0.15, 0.2) is 0 Å². The summed E-state index contributed by atoms with van der Waals surface area (Å²) in [5.74, 6) is 0.174. The summed E-state index contributed by atoms with van der Waals surface area (Å²) in [5, 5.41) is 4.88. The Kier molecular flexibility index (Phi) is 5.33. The number of aromatic nitrogens is 1. The maximum Gasteiger partial charge on any atom is 0.246 e. The average Bonchev–Trinajstić information content (AvgIpc) is 3.00. The lowest BCUT2D eigenvalue weighted by atomic mass is 9.93. The number of thiazole rings is 1. The van der Waals surface area contributed by atoms with E-state index in [0.29, 0.717) is 19.4 Å². The van der Waals surface area contributed by atoms with Gasteiger partial charge in [0.1, 0.15) is 12.1 Å². The van der Waals surface area contributed by atoms with Crippen LogP contribution in [0.4, 0.5) is 0 Å². The summed E-state index contributed by atoms with van der Waals surface area (Å²) >= 11 is 1.55. The Bertz CT molecular complexity index is 489. The summed E-state index contributed by atoms with van der Waals surface area (Å²) < 4.78 is 0. The second kappa shape index (κ2) is 7.02. The fourth-order valence-corrected chi connectivity index (χ4v) is 3.27. The molecule has 5 nitrogen and oxygen atoms in total. The second-order valence-electron chi connectivity index (χ2n) is 5.56. The monoisotopic (exact) mass is 309 g/mol. The highest BCUT2D eigenvalue weighted by Gasteiger charge is 2.41. The van der Waals surface area contributed by atoms with Gasteiger partial charge >= 0.3 is 0 Å². The lowest BCUT2D eigenvalue weighted by Gasteiger charge is -2.40. The van der Waals surface area contributed by atoms with E-state index in [1.165, 1.54) is 0 Å². The number of rotatable bonds is 6. The molecule has 0 bridgehead atoms. The zero-order chi connectivity index (χ0) is 15.4. The molecule has 1 N–H and O–H groups in total. The van der Waals surface area contributed by atoms with Crippen molar-refractivity contribution >= 4 is 23.2 Å². The minimum Gasteiger partial charge on any atom is -0.342 e. The molecule has 3 unspecified atom stereocenters. The number of piperazine rings is 1. The summed E-state index contributed by atoms with van der Waals surface area (Å²) in [4.78, 5) is 30.9. The second-order valence-corrected chi connectivity index (χ2v) is 6.28. The van der Waals surface area contributed by atoms with E-state index in [1.807, 2.05) is 26.2 Å². The van der Waals surface area contributed by atoms with E-state index in [4.69, 9.17) is 0 Å². The van der Waals surface area contributed by atoms with Crippen LogP contribution in [0, 0.1) is 5.92 Å². The SMILES string of the molecule is CCC(C)C1NC(=O)C(CC)N(CCc2cscn2)C1=O. The Morgan fingerprint density at radius 3 is 2.76 bits per heavy atom. The third-order valence-electron chi connectivity index (χ3n) is 4.22. The van der Waals surface area contributed by atoms with Gasteiger partial charge in [0, 0.05) is 18.3 Å². The van der Waals surface area contributed by atoms with Crippen LogP contribution in [-0.4, -0.2) is 40.3 Å². The summed E-state index contributed by atoms with van der Waals surface area (Å²) in [6.45, 7) is 6.54. The number of carbonyl (C=O) groups excluding carboxylic acids is 2. The molecule has 0 aromatic carbocycles. The van der Waals surface area contributed by atoms with Crippen LogP contribution in [0.5, 0.6) is 0 Å². The van der Waals surface area contributed by atoms with Gasteiger partial charge in [-0.2, -0.15) is 0 Å². The number of nitrogens with zero attached hydrogens (tertiary/aromatic N) is 2. The van der Waals surface area contributed by atoms with Crippen LogP contribution in [0.25, 0.3) is 0 Å². The predicted molar refractivity (Wildman–Crippen MR) is 83.0 cm³/mol. The van der Waals surface area contributed by atoms with Crippen LogP contribution >= 0.6 is 11.3 Å². The van der Waals surface area contributed by atoms with Crippen molar-refractivity contribution in [3.05, 3.63) is 16.6 Å². The first-order chi connectivity index (χ1) is 10.1. The van der Waals surface area contributed by atoms with Gasteiger partial charge in [-0.3, -0.25) is 9.59 Å². The van der Waals surface area contributed by atoms with Gasteiger partial charge in [0.2, 0.25) is 11.8 Å². The van der Waals surface area contributed by atoms with Gasteiger partial charge < -0.3 is 10.2 Å². The number of carbonyl (C=O) groups is 2. The molecule has 3 atom stereocenters. The maximum atomic E-state index is 12.7. The Hall–Kier alpha value is -1.43. The lowest BCUT2D eigenvalue weighted by Crippen LogP contribution is -2.65. The van der Waals surface area contributed by atoms with Crippen molar-refractivity contribution < 1.29 is 9.59 Å². The normalized spacial score (nSPS) is 24.0. The summed E-state index contributed by atoms with van der Waals surface area (Å²) in [7, 11) is 0. The molecule has 1 saturated heterocycles. The van der Waals surface area contributed by atoms with Crippen LogP contribution in [0.15, 0.2) is 10.9 Å². The van der Waals surface area contributed by atoms with Gasteiger partial charge in [0.05, 0.1) is 11.2 Å². The van der Waals surface area contributed by atoms with E-state index in [-0.39, 0.29) is 29.8 Å². The standard InChI is InChI=1S/C15H23N3O2S/c1-4-10(3)13-15(20)18(12(5-2)14(19)17-13)7-6-11-8-21-9-16-11/h8-10,12-13H,4-7H2,1-3H3,(H,17,19). The molecule has 0 saturated carbocycles. The first-order valence-electron chi connectivity index (χ1n) is 7.56. The number of hydrogen-bond donors (Lipinski definition) is 1. The van der Waals surface area contributed by atoms with E-state index < -0.39 is 0 Å². The third-order valence-corrected chi connectivity index (χ3v) is 4.85. The molecular weight excluding hydrogens is 286 g/mol. The Balaban J connectivity index is 2.12. The van der Waals surface area contributed by atoms with Gasteiger partial charge in [0.25, 0.3) is 0 Å². The molecule has 0 spiro atoms. The molecule has 21 heavy (non-hydrogen) atoms. The fraction of sp³-hybridized carbons (Fsp3) is 0.667. The molecule has 2 rings (SSSR count). The topological polar surface area (TPSA) is 62.3 Å². The molecule has 2 heterocycles. The van der Waals surface area contributed by atoms with Crippen LogP contribution in [0.1, 0.15) is 39.3 Å². The van der Waals surface area contributed by atoms with Crippen molar-refractivity contribution in [1.29, 1.82) is 0 Å². The molecule has 1 aromatic heterocycles. The molecule has 0 radical (unpaired) electrons. The van der Waals surface area contributed by atoms with Gasteiger partial charge in [-0.1, -0.05) is 27.2 Å². The maximum absolute atomic E-state index is 12.7. The highest BCUT2D eigenvalue weighted by molar-refractivity contribution is 7.07. The highest BCUT2D eigenvalue weighted by atomic mass is 32.1. The minimum atomic E-state index is -0.388. The molecule has 2 amide bonds. The zero-order valence-electron chi connectivity index (χ0n) is 12.8. The van der Waals surface area contributed by atoms with Crippen molar-refractivity contribution in [2.24, 2.45) is 5.92 Å². The smallest absolute Gasteiger partial charge is 0.246 e. The molecule has 1 aromatic rings. The van der Waals surface area contributed by atoms with E-state index in [9.17, 15) is 9.59 Å². The van der Waals surface area contributed by atoms with Crippen molar-refractivity contribution in [3.63, 3.8) is 0 Å². The number of hydrogen-bond acceptors (Lipinski definition) is 4. The first-order valence-corrected chi connectivity index (χ1v) is 8.50. The third kappa shape index (κ3) is 3.43. The molecule has 1 aliphatic heterocycles. The Morgan fingerprint density at radius 2 is 2.19 bits per heavy atom. The molecule has 6 heteroatoms. The van der Waals surface area contributed by atoms with E-state index >= 15 is 0 Å². The Morgan fingerprint density at radius 1 is 1.43 bits per heavy atom. The largest absolute Gasteiger partial charge is 0.342 e. The zero-order valence-corrected chi connectivity index (χ0v) is 13.7. The van der Waals surface area contributed by atoms with Crippen molar-refractivity contribution in [1.82, 2.24) is 15.2 Å². The molecule has 116 valence electrons. The summed E-state index contributed by atoms with van der Waals surface area (Å²) in [6.07, 6.45) is 2.21. The molecule has 0 aliphatic carbocycles. The number of amides is 2. The van der Waals surface area contributed by atoms with E-state index in [0.717, 1.165) is 12.1 Å². The molecular formula is C15H23N3O2S. The highest BCUT2D eigenvalue weighted by Crippen LogP contribution is 2.20. The van der Waals surface area contributed by atoms with Gasteiger partial charge in [-0.25, -0.2) is 4.98 Å². The van der Waals surface area contributed by atoms with Crippen LogP contribution in [0.2, 0.25) is 0 Å². The lowest BCUT2D eigenvalue weighted by molar-refractivity contribution is -0.150. The average molecular weight is 309 g/mol. The first kappa shape index (κ1) is 15.9. The van der Waals surface area contributed by atoms with Crippen LogP contribution in [0.3, 0.4) is 0 Å². The van der Waals surface area contributed by atoms with E-state index in [1.54, 1.807) is 21.7 Å². The predicted octanol–water partition coefficient (Wildman–Crippen LogP) is 1.84. The number of nitrogens with one attached hydrogen (secondary N) is 1.